The number of carbonyl (C=O) groups excluding carboxylic acids is 2. The van der Waals surface area contributed by atoms with Crippen molar-refractivity contribution in [1.29, 1.82) is 0 Å². The third-order valence-corrected chi connectivity index (χ3v) is 4.26. The minimum Gasteiger partial charge on any atom is -0.444 e. The van der Waals surface area contributed by atoms with Gasteiger partial charge in [-0.1, -0.05) is 25.5 Å². The molecular weight excluding hydrogens is 304 g/mol. The number of carbonyl (C=O) groups is 2. The molecule has 0 radical (unpaired) electrons. The predicted octanol–water partition coefficient (Wildman–Crippen LogP) is 3.98. The summed E-state index contributed by atoms with van der Waals surface area (Å²) >= 11 is 0. The maximum atomic E-state index is 12.5. The third-order valence-electron chi connectivity index (χ3n) is 4.26. The van der Waals surface area contributed by atoms with Gasteiger partial charge in [-0.15, -0.1) is 0 Å². The van der Waals surface area contributed by atoms with Crippen molar-refractivity contribution in [3.8, 4) is 0 Å². The van der Waals surface area contributed by atoms with Gasteiger partial charge in [0.25, 0.3) is 0 Å². The van der Waals surface area contributed by atoms with Crippen molar-refractivity contribution < 1.29 is 14.3 Å². The van der Waals surface area contributed by atoms with E-state index in [1.807, 2.05) is 52.0 Å². The number of hydrogen-bond acceptors (Lipinski definition) is 3. The Hall–Kier alpha value is -2.04. The van der Waals surface area contributed by atoms with Gasteiger partial charge in [-0.25, -0.2) is 4.79 Å². The van der Waals surface area contributed by atoms with Gasteiger partial charge in [-0.2, -0.15) is 0 Å². The molecule has 0 aromatic heterocycles. The van der Waals surface area contributed by atoms with Crippen LogP contribution >= 0.6 is 0 Å². The average Bonchev–Trinajstić information content (AvgIpc) is 2.43. The van der Waals surface area contributed by atoms with Crippen LogP contribution in [-0.4, -0.2) is 24.1 Å². The van der Waals surface area contributed by atoms with Crippen molar-refractivity contribution in [2.75, 3.05) is 11.9 Å². The van der Waals surface area contributed by atoms with Crippen molar-refractivity contribution in [2.24, 2.45) is 0 Å². The maximum Gasteiger partial charge on any atom is 0.412 e. The zero-order valence-corrected chi connectivity index (χ0v) is 15.1. The number of rotatable bonds is 5. The molecule has 2 N–H and O–H groups in total. The Morgan fingerprint density at radius 3 is 2.25 bits per heavy atom. The lowest BCUT2D eigenvalue weighted by atomic mass is 9.64. The Morgan fingerprint density at radius 1 is 1.17 bits per heavy atom. The van der Waals surface area contributed by atoms with E-state index in [9.17, 15) is 9.59 Å². The smallest absolute Gasteiger partial charge is 0.412 e. The predicted molar refractivity (Wildman–Crippen MR) is 95.1 cm³/mol. The highest BCUT2D eigenvalue weighted by molar-refractivity contribution is 5.90. The monoisotopic (exact) mass is 332 g/mol. The normalized spacial score (nSPS) is 16.0. The summed E-state index contributed by atoms with van der Waals surface area (Å²) < 4.78 is 5.24. The first-order chi connectivity index (χ1) is 11.3. The molecule has 2 amide bonds. The molecule has 1 aliphatic rings. The van der Waals surface area contributed by atoms with E-state index in [1.54, 1.807) is 0 Å². The van der Waals surface area contributed by atoms with E-state index in [-0.39, 0.29) is 5.91 Å². The molecule has 132 valence electrons. The van der Waals surface area contributed by atoms with Crippen LogP contribution in [0.15, 0.2) is 24.3 Å². The number of hydrogen-bond donors (Lipinski definition) is 2. The van der Waals surface area contributed by atoms with Crippen molar-refractivity contribution in [3.05, 3.63) is 29.8 Å². The molecule has 1 fully saturated rings. The van der Waals surface area contributed by atoms with Crippen LogP contribution in [0.3, 0.4) is 0 Å². The lowest BCUT2D eigenvalue weighted by Crippen LogP contribution is -2.49. The lowest BCUT2D eigenvalue weighted by Gasteiger charge is -2.40. The van der Waals surface area contributed by atoms with E-state index in [1.165, 1.54) is 0 Å². The molecule has 2 rings (SSSR count). The average molecular weight is 332 g/mol. The van der Waals surface area contributed by atoms with Crippen LogP contribution in [0.4, 0.5) is 10.5 Å². The van der Waals surface area contributed by atoms with Gasteiger partial charge >= 0.3 is 6.09 Å². The second-order valence-electron chi connectivity index (χ2n) is 7.40. The van der Waals surface area contributed by atoms with Crippen molar-refractivity contribution in [1.82, 2.24) is 5.32 Å². The summed E-state index contributed by atoms with van der Waals surface area (Å²) in [4.78, 5) is 24.3. The van der Waals surface area contributed by atoms with Gasteiger partial charge in [-0.3, -0.25) is 10.1 Å². The molecule has 1 aromatic rings. The second kappa shape index (κ2) is 7.24. The summed E-state index contributed by atoms with van der Waals surface area (Å²) in [6, 6.07) is 7.51. The Morgan fingerprint density at radius 2 is 1.79 bits per heavy atom. The highest BCUT2D eigenvalue weighted by Gasteiger charge is 2.45. The molecule has 1 aromatic carbocycles. The minimum atomic E-state index is -0.530. The zero-order valence-electron chi connectivity index (χ0n) is 15.1. The van der Waals surface area contributed by atoms with Crippen LogP contribution < -0.4 is 10.6 Å². The molecule has 0 heterocycles. The van der Waals surface area contributed by atoms with Gasteiger partial charge < -0.3 is 10.1 Å². The summed E-state index contributed by atoms with van der Waals surface area (Å²) in [5.41, 5.74) is 0.741. The van der Waals surface area contributed by atoms with Crippen LogP contribution in [0.25, 0.3) is 0 Å². The molecule has 0 bridgehead atoms. The van der Waals surface area contributed by atoms with Gasteiger partial charge in [0.2, 0.25) is 5.91 Å². The Kier molecular flexibility index (Phi) is 5.52. The van der Waals surface area contributed by atoms with E-state index in [4.69, 9.17) is 4.74 Å². The SMILES string of the molecule is CCCNC(=O)C1(c2ccc(NC(=O)OC(C)(C)C)cc2)CCC1. The van der Waals surface area contributed by atoms with Crippen molar-refractivity contribution in [2.45, 2.75) is 64.4 Å². The van der Waals surface area contributed by atoms with E-state index >= 15 is 0 Å². The molecule has 0 spiro atoms. The Bertz CT molecular complexity index is 584. The number of anilines is 1. The number of ether oxygens (including phenoxy) is 1. The topological polar surface area (TPSA) is 67.4 Å². The van der Waals surface area contributed by atoms with E-state index in [0.717, 1.165) is 31.2 Å². The molecular formula is C19H28N2O3. The van der Waals surface area contributed by atoms with Gasteiger partial charge in [-0.05, 0) is 57.7 Å². The quantitative estimate of drug-likeness (QED) is 0.857. The van der Waals surface area contributed by atoms with E-state index < -0.39 is 17.1 Å². The second-order valence-corrected chi connectivity index (χ2v) is 7.40. The summed E-state index contributed by atoms with van der Waals surface area (Å²) in [5.74, 6) is 0.114. The number of benzene rings is 1. The van der Waals surface area contributed by atoms with E-state index in [2.05, 4.69) is 10.6 Å². The summed E-state index contributed by atoms with van der Waals surface area (Å²) in [6.07, 6.45) is 3.27. The van der Waals surface area contributed by atoms with Gasteiger partial charge in [0, 0.05) is 12.2 Å². The first-order valence-electron chi connectivity index (χ1n) is 8.66. The van der Waals surface area contributed by atoms with Crippen molar-refractivity contribution >= 4 is 17.7 Å². The molecule has 1 aliphatic carbocycles. The summed E-state index contributed by atoms with van der Waals surface area (Å²) in [6.45, 7) is 8.23. The van der Waals surface area contributed by atoms with Crippen LogP contribution in [0.5, 0.6) is 0 Å². The number of nitrogens with one attached hydrogen (secondary N) is 2. The first kappa shape index (κ1) is 18.3. The molecule has 1 saturated carbocycles. The molecule has 0 aliphatic heterocycles. The van der Waals surface area contributed by atoms with Crippen molar-refractivity contribution in [3.63, 3.8) is 0 Å². The molecule has 0 atom stereocenters. The molecule has 5 nitrogen and oxygen atoms in total. The van der Waals surface area contributed by atoms with Crippen LogP contribution in [-0.2, 0) is 14.9 Å². The highest BCUT2D eigenvalue weighted by atomic mass is 16.6. The van der Waals surface area contributed by atoms with Gasteiger partial charge in [0.15, 0.2) is 0 Å². The van der Waals surface area contributed by atoms with Gasteiger partial charge in [0.1, 0.15) is 5.60 Å². The van der Waals surface area contributed by atoms with Crippen LogP contribution in [0, 0.1) is 0 Å². The maximum absolute atomic E-state index is 12.5. The summed E-state index contributed by atoms with van der Waals surface area (Å²) in [7, 11) is 0. The fourth-order valence-electron chi connectivity index (χ4n) is 2.88. The van der Waals surface area contributed by atoms with Crippen LogP contribution in [0.1, 0.15) is 58.9 Å². The highest BCUT2D eigenvalue weighted by Crippen LogP contribution is 2.44. The molecule has 5 heteroatoms. The Balaban J connectivity index is 2.05. The largest absolute Gasteiger partial charge is 0.444 e. The Labute approximate surface area is 144 Å². The fraction of sp³-hybridized carbons (Fsp3) is 0.579. The standard InChI is InChI=1S/C19H28N2O3/c1-5-13-20-16(22)19(11-6-12-19)14-7-9-15(10-8-14)21-17(23)24-18(2,3)4/h7-10H,5-6,11-13H2,1-4H3,(H,20,22)(H,21,23). The van der Waals surface area contributed by atoms with E-state index in [0.29, 0.717) is 12.2 Å². The minimum absolute atomic E-state index is 0.114. The zero-order chi connectivity index (χ0) is 17.8. The fourth-order valence-corrected chi connectivity index (χ4v) is 2.88. The van der Waals surface area contributed by atoms with Gasteiger partial charge in [0.05, 0.1) is 5.41 Å². The first-order valence-corrected chi connectivity index (χ1v) is 8.66. The molecule has 24 heavy (non-hydrogen) atoms. The lowest BCUT2D eigenvalue weighted by molar-refractivity contribution is -0.129. The molecule has 0 unspecified atom stereocenters. The van der Waals surface area contributed by atoms with Crippen LogP contribution in [0.2, 0.25) is 0 Å². The molecule has 0 saturated heterocycles. The third kappa shape index (κ3) is 4.28. The number of amides is 2. The summed E-state index contributed by atoms with van der Waals surface area (Å²) in [5, 5.41) is 5.73.